The fourth-order valence-corrected chi connectivity index (χ4v) is 3.38. The number of hydrogen-bond donors (Lipinski definition) is 0. The van der Waals surface area contributed by atoms with Crippen molar-refractivity contribution in [3.8, 4) is 22.8 Å². The lowest BCUT2D eigenvalue weighted by atomic mass is 10.2. The summed E-state index contributed by atoms with van der Waals surface area (Å²) in [6, 6.07) is 12.8. The van der Waals surface area contributed by atoms with E-state index in [9.17, 15) is 4.79 Å². The van der Waals surface area contributed by atoms with Gasteiger partial charge in [-0.05, 0) is 36.4 Å². The highest BCUT2D eigenvalue weighted by Gasteiger charge is 2.26. The van der Waals surface area contributed by atoms with E-state index in [1.165, 1.54) is 0 Å². The van der Waals surface area contributed by atoms with Crippen molar-refractivity contribution >= 4 is 11.7 Å². The summed E-state index contributed by atoms with van der Waals surface area (Å²) in [5.41, 5.74) is 2.05. The molecule has 1 aliphatic heterocycles. The number of nitrogens with zero attached hydrogens (tertiary/aromatic N) is 6. The molecule has 0 saturated carbocycles. The number of anilines is 1. The van der Waals surface area contributed by atoms with Gasteiger partial charge >= 0.3 is 0 Å². The molecule has 0 unspecified atom stereocenters. The maximum absolute atomic E-state index is 12.7. The van der Waals surface area contributed by atoms with Gasteiger partial charge in [0.1, 0.15) is 0 Å². The van der Waals surface area contributed by atoms with Crippen LogP contribution in [0.2, 0.25) is 0 Å². The summed E-state index contributed by atoms with van der Waals surface area (Å²) in [7, 11) is 0. The molecule has 4 aromatic rings. The molecule has 30 heavy (non-hydrogen) atoms. The normalized spacial score (nSPS) is 14.1. The molecule has 9 nitrogen and oxygen atoms in total. The first-order chi connectivity index (χ1) is 14.8. The van der Waals surface area contributed by atoms with Crippen LogP contribution < -0.4 is 4.90 Å². The lowest BCUT2D eigenvalue weighted by Crippen LogP contribution is -2.49. The Kier molecular flexibility index (Phi) is 4.68. The lowest BCUT2D eigenvalue weighted by Gasteiger charge is -2.34. The van der Waals surface area contributed by atoms with Crippen LogP contribution in [0.3, 0.4) is 0 Å². The first kappa shape index (κ1) is 18.0. The van der Waals surface area contributed by atoms with E-state index in [2.05, 4.69) is 25.2 Å². The molecule has 9 heteroatoms. The summed E-state index contributed by atoms with van der Waals surface area (Å²) in [6.07, 6.45) is 5.01. The first-order valence-electron chi connectivity index (χ1n) is 9.57. The highest BCUT2D eigenvalue weighted by molar-refractivity contribution is 5.93. The Bertz CT molecular complexity index is 1120. The molecule has 5 rings (SSSR count). The standard InChI is InChI=1S/C21H18N6O3/c28-21(17-14-19(30-25-17)18-2-1-13-29-18)27-11-9-26(10-12-27)20-4-3-16(23-24-20)15-5-7-22-8-6-15/h1-8,13-14H,9-12H2. The highest BCUT2D eigenvalue weighted by atomic mass is 16.5. The van der Waals surface area contributed by atoms with Crippen molar-refractivity contribution in [3.63, 3.8) is 0 Å². The van der Waals surface area contributed by atoms with Crippen molar-refractivity contribution in [1.29, 1.82) is 0 Å². The van der Waals surface area contributed by atoms with Gasteiger partial charge in [-0.1, -0.05) is 5.16 Å². The zero-order chi connectivity index (χ0) is 20.3. The van der Waals surface area contributed by atoms with E-state index in [-0.39, 0.29) is 11.6 Å². The molecular formula is C21H18N6O3. The van der Waals surface area contributed by atoms with E-state index in [4.69, 9.17) is 8.94 Å². The number of amides is 1. The van der Waals surface area contributed by atoms with Crippen LogP contribution in [0.25, 0.3) is 22.8 Å². The van der Waals surface area contributed by atoms with Gasteiger partial charge in [-0.3, -0.25) is 9.78 Å². The monoisotopic (exact) mass is 402 g/mol. The smallest absolute Gasteiger partial charge is 0.276 e. The maximum atomic E-state index is 12.7. The third-order valence-electron chi connectivity index (χ3n) is 5.01. The summed E-state index contributed by atoms with van der Waals surface area (Å²) in [5, 5.41) is 12.6. The minimum atomic E-state index is -0.157. The number of aromatic nitrogens is 4. The van der Waals surface area contributed by atoms with Crippen LogP contribution in [0, 0.1) is 0 Å². The molecule has 1 saturated heterocycles. The fourth-order valence-electron chi connectivity index (χ4n) is 3.38. The van der Waals surface area contributed by atoms with Crippen molar-refractivity contribution in [1.82, 2.24) is 25.2 Å². The van der Waals surface area contributed by atoms with Crippen LogP contribution in [0.4, 0.5) is 5.82 Å². The van der Waals surface area contributed by atoms with Crippen molar-refractivity contribution in [3.05, 3.63) is 66.8 Å². The average molecular weight is 402 g/mol. The molecule has 5 heterocycles. The van der Waals surface area contributed by atoms with Gasteiger partial charge in [-0.15, -0.1) is 10.2 Å². The summed E-state index contributed by atoms with van der Waals surface area (Å²) in [4.78, 5) is 20.6. The van der Waals surface area contributed by atoms with E-state index >= 15 is 0 Å². The second kappa shape index (κ2) is 7.78. The molecule has 4 aromatic heterocycles. The van der Waals surface area contributed by atoms with Crippen LogP contribution in [0.5, 0.6) is 0 Å². The number of rotatable bonds is 4. The molecule has 150 valence electrons. The van der Waals surface area contributed by atoms with E-state index in [1.54, 1.807) is 41.8 Å². The minimum absolute atomic E-state index is 0.157. The topological polar surface area (TPSA) is 101 Å². The molecule has 0 aromatic carbocycles. The molecule has 0 spiro atoms. The van der Waals surface area contributed by atoms with Gasteiger partial charge in [-0.2, -0.15) is 0 Å². The molecule has 0 atom stereocenters. The van der Waals surface area contributed by atoms with Gasteiger partial charge in [-0.25, -0.2) is 0 Å². The Morgan fingerprint density at radius 1 is 0.933 bits per heavy atom. The zero-order valence-corrected chi connectivity index (χ0v) is 16.0. The molecule has 0 aliphatic carbocycles. The van der Waals surface area contributed by atoms with Crippen LogP contribution >= 0.6 is 0 Å². The number of piperazine rings is 1. The van der Waals surface area contributed by atoms with Crippen molar-refractivity contribution < 1.29 is 13.7 Å². The predicted molar refractivity (Wildman–Crippen MR) is 108 cm³/mol. The Morgan fingerprint density at radius 3 is 2.47 bits per heavy atom. The molecule has 0 N–H and O–H groups in total. The molecule has 1 aliphatic rings. The number of hydrogen-bond acceptors (Lipinski definition) is 8. The predicted octanol–water partition coefficient (Wildman–Crippen LogP) is 2.75. The summed E-state index contributed by atoms with van der Waals surface area (Å²) in [5.74, 6) is 1.61. The van der Waals surface area contributed by atoms with Gasteiger partial charge in [0.05, 0.1) is 12.0 Å². The van der Waals surface area contributed by atoms with Crippen LogP contribution in [-0.4, -0.2) is 57.3 Å². The van der Waals surface area contributed by atoms with Gasteiger partial charge in [0.2, 0.25) is 5.76 Å². The first-order valence-corrected chi connectivity index (χ1v) is 9.57. The third-order valence-corrected chi connectivity index (χ3v) is 5.01. The van der Waals surface area contributed by atoms with Gasteiger partial charge in [0.25, 0.3) is 5.91 Å². The van der Waals surface area contributed by atoms with E-state index in [0.717, 1.165) is 17.1 Å². The number of carbonyl (C=O) groups is 1. The van der Waals surface area contributed by atoms with Crippen LogP contribution in [-0.2, 0) is 0 Å². The Hall–Kier alpha value is -4.01. The van der Waals surface area contributed by atoms with Crippen LogP contribution in [0.15, 0.2) is 70.1 Å². The minimum Gasteiger partial charge on any atom is -0.461 e. The van der Waals surface area contributed by atoms with E-state index < -0.39 is 0 Å². The number of carbonyl (C=O) groups excluding carboxylic acids is 1. The number of furan rings is 1. The van der Waals surface area contributed by atoms with Crippen molar-refractivity contribution in [2.24, 2.45) is 0 Å². The summed E-state index contributed by atoms with van der Waals surface area (Å²) in [6.45, 7) is 2.46. The second-order valence-electron chi connectivity index (χ2n) is 6.85. The Labute approximate surface area is 171 Å². The van der Waals surface area contributed by atoms with Gasteiger partial charge in [0.15, 0.2) is 17.3 Å². The van der Waals surface area contributed by atoms with Gasteiger partial charge in [0, 0.05) is 50.2 Å². The molecule has 1 fully saturated rings. The summed E-state index contributed by atoms with van der Waals surface area (Å²) < 4.78 is 10.5. The lowest BCUT2D eigenvalue weighted by molar-refractivity contribution is 0.0736. The summed E-state index contributed by atoms with van der Waals surface area (Å²) >= 11 is 0. The highest BCUT2D eigenvalue weighted by Crippen LogP contribution is 2.22. The van der Waals surface area contributed by atoms with Crippen molar-refractivity contribution in [2.75, 3.05) is 31.1 Å². The maximum Gasteiger partial charge on any atom is 0.276 e. The zero-order valence-electron chi connectivity index (χ0n) is 16.0. The molecule has 0 radical (unpaired) electrons. The van der Waals surface area contributed by atoms with Gasteiger partial charge < -0.3 is 18.7 Å². The van der Waals surface area contributed by atoms with Crippen LogP contribution in [0.1, 0.15) is 10.5 Å². The molecule has 0 bridgehead atoms. The van der Waals surface area contributed by atoms with Crippen molar-refractivity contribution in [2.45, 2.75) is 0 Å². The van der Waals surface area contributed by atoms with E-state index in [0.29, 0.717) is 37.7 Å². The third kappa shape index (κ3) is 3.52. The molecule has 1 amide bonds. The number of pyridine rings is 1. The Balaban J connectivity index is 1.21. The van der Waals surface area contributed by atoms with E-state index in [1.807, 2.05) is 24.3 Å². The Morgan fingerprint density at radius 2 is 1.77 bits per heavy atom. The largest absolute Gasteiger partial charge is 0.461 e. The average Bonchev–Trinajstić information content (AvgIpc) is 3.52. The fraction of sp³-hybridized carbons (Fsp3) is 0.190. The SMILES string of the molecule is O=C(c1cc(-c2ccco2)on1)N1CCN(c2ccc(-c3ccncc3)nn2)CC1. The molecular weight excluding hydrogens is 384 g/mol. The second-order valence-corrected chi connectivity index (χ2v) is 6.85. The quantitative estimate of drug-likeness (QED) is 0.514.